The van der Waals surface area contributed by atoms with E-state index in [1.807, 2.05) is 6.07 Å². The normalized spacial score (nSPS) is 10.7. The van der Waals surface area contributed by atoms with Crippen LogP contribution in [0.4, 0.5) is 0 Å². The predicted octanol–water partition coefficient (Wildman–Crippen LogP) is 2.77. The number of carbonyl (C=O) groups is 1. The third kappa shape index (κ3) is 2.35. The Morgan fingerprint density at radius 3 is 2.90 bits per heavy atom. The summed E-state index contributed by atoms with van der Waals surface area (Å²) in [5.74, 6) is 2.15. The summed E-state index contributed by atoms with van der Waals surface area (Å²) >= 11 is 0. The summed E-state index contributed by atoms with van der Waals surface area (Å²) < 4.78 is 15.7. The van der Waals surface area contributed by atoms with Crippen LogP contribution in [0, 0.1) is 6.92 Å². The van der Waals surface area contributed by atoms with Gasteiger partial charge >= 0.3 is 0 Å². The van der Waals surface area contributed by atoms with Gasteiger partial charge in [0.15, 0.2) is 11.5 Å². The Bertz CT molecular complexity index is 709. The van der Waals surface area contributed by atoms with Crippen LogP contribution < -0.4 is 5.32 Å². The number of aryl methyl sites for hydroxylation is 1. The fourth-order valence-electron chi connectivity index (χ4n) is 1.80. The van der Waals surface area contributed by atoms with Crippen LogP contribution in [0.15, 0.2) is 50.1 Å². The SMILES string of the molecule is Cc1oncc1C(=O)NCc1ccc(-c2ccco2)o1. The highest BCUT2D eigenvalue weighted by atomic mass is 16.5. The van der Waals surface area contributed by atoms with Crippen molar-refractivity contribution >= 4 is 5.91 Å². The minimum absolute atomic E-state index is 0.250. The second-order valence-electron chi connectivity index (χ2n) is 4.22. The van der Waals surface area contributed by atoms with Gasteiger partial charge in [0.2, 0.25) is 0 Å². The van der Waals surface area contributed by atoms with E-state index in [1.165, 1.54) is 6.20 Å². The third-order valence-electron chi connectivity index (χ3n) is 2.84. The number of rotatable bonds is 4. The number of nitrogens with zero attached hydrogens (tertiary/aromatic N) is 1. The lowest BCUT2D eigenvalue weighted by Gasteiger charge is -2.01. The number of hydrogen-bond donors (Lipinski definition) is 1. The van der Waals surface area contributed by atoms with Crippen molar-refractivity contribution in [3.8, 4) is 11.5 Å². The fraction of sp³-hybridized carbons (Fsp3) is 0.143. The Kier molecular flexibility index (Phi) is 3.12. The summed E-state index contributed by atoms with van der Waals surface area (Å²) in [5, 5.41) is 6.30. The van der Waals surface area contributed by atoms with Crippen LogP contribution in [0.5, 0.6) is 0 Å². The van der Waals surface area contributed by atoms with Crippen LogP contribution >= 0.6 is 0 Å². The van der Waals surface area contributed by atoms with Gasteiger partial charge in [0, 0.05) is 0 Å². The molecule has 3 aromatic heterocycles. The highest BCUT2D eigenvalue weighted by Gasteiger charge is 2.13. The van der Waals surface area contributed by atoms with Gasteiger partial charge < -0.3 is 18.7 Å². The molecule has 0 radical (unpaired) electrons. The summed E-state index contributed by atoms with van der Waals surface area (Å²) in [6.45, 7) is 1.97. The molecule has 1 N–H and O–H groups in total. The Balaban J connectivity index is 1.65. The van der Waals surface area contributed by atoms with Gasteiger partial charge in [0.25, 0.3) is 5.91 Å². The van der Waals surface area contributed by atoms with Crippen molar-refractivity contribution in [1.82, 2.24) is 10.5 Å². The van der Waals surface area contributed by atoms with E-state index < -0.39 is 0 Å². The Labute approximate surface area is 114 Å². The van der Waals surface area contributed by atoms with Gasteiger partial charge in [0.05, 0.1) is 19.0 Å². The largest absolute Gasteiger partial charge is 0.461 e. The molecule has 3 heterocycles. The number of amides is 1. The maximum atomic E-state index is 11.9. The second kappa shape index (κ2) is 5.08. The molecule has 0 unspecified atom stereocenters. The Morgan fingerprint density at radius 1 is 1.30 bits per heavy atom. The number of carbonyl (C=O) groups excluding carboxylic acids is 1. The lowest BCUT2D eigenvalue weighted by molar-refractivity contribution is 0.0946. The number of hydrogen-bond acceptors (Lipinski definition) is 5. The van der Waals surface area contributed by atoms with Gasteiger partial charge in [-0.2, -0.15) is 0 Å². The minimum atomic E-state index is -0.250. The van der Waals surface area contributed by atoms with Crippen molar-refractivity contribution in [2.24, 2.45) is 0 Å². The Hall–Kier alpha value is -2.76. The first-order chi connectivity index (χ1) is 9.74. The summed E-state index contributed by atoms with van der Waals surface area (Å²) in [6, 6.07) is 7.18. The first-order valence-electron chi connectivity index (χ1n) is 6.06. The van der Waals surface area contributed by atoms with Crippen molar-refractivity contribution < 1.29 is 18.2 Å². The van der Waals surface area contributed by atoms with Gasteiger partial charge in [-0.05, 0) is 31.2 Å². The van der Waals surface area contributed by atoms with E-state index in [9.17, 15) is 4.79 Å². The van der Waals surface area contributed by atoms with Crippen LogP contribution in [0.2, 0.25) is 0 Å². The molecule has 6 heteroatoms. The number of furan rings is 2. The zero-order valence-corrected chi connectivity index (χ0v) is 10.8. The summed E-state index contributed by atoms with van der Waals surface area (Å²) in [7, 11) is 0. The zero-order valence-electron chi connectivity index (χ0n) is 10.8. The standard InChI is InChI=1S/C14H12N2O4/c1-9-11(8-16-20-9)14(17)15-7-10-4-5-13(19-10)12-3-2-6-18-12/h2-6,8H,7H2,1H3,(H,15,17). The van der Waals surface area contributed by atoms with E-state index in [4.69, 9.17) is 13.4 Å². The molecule has 0 aromatic carbocycles. The van der Waals surface area contributed by atoms with Crippen LogP contribution in [0.25, 0.3) is 11.5 Å². The van der Waals surface area contributed by atoms with Gasteiger partial charge in [-0.15, -0.1) is 0 Å². The maximum absolute atomic E-state index is 11.9. The summed E-state index contributed by atoms with van der Waals surface area (Å²) in [5.41, 5.74) is 0.419. The molecule has 3 aromatic rings. The molecule has 0 spiro atoms. The average Bonchev–Trinajstić information content (AvgIpc) is 3.16. The molecular weight excluding hydrogens is 260 g/mol. The van der Waals surface area contributed by atoms with E-state index in [1.54, 1.807) is 31.4 Å². The van der Waals surface area contributed by atoms with E-state index >= 15 is 0 Å². The van der Waals surface area contributed by atoms with Gasteiger partial charge in [-0.3, -0.25) is 4.79 Å². The van der Waals surface area contributed by atoms with Crippen LogP contribution in [0.3, 0.4) is 0 Å². The van der Waals surface area contributed by atoms with Crippen molar-refractivity contribution in [2.45, 2.75) is 13.5 Å². The molecule has 0 atom stereocenters. The molecule has 0 aliphatic carbocycles. The quantitative estimate of drug-likeness (QED) is 0.789. The van der Waals surface area contributed by atoms with Crippen molar-refractivity contribution in [1.29, 1.82) is 0 Å². The summed E-state index contributed by atoms with van der Waals surface area (Å²) in [6.07, 6.45) is 2.97. The van der Waals surface area contributed by atoms with Crippen molar-refractivity contribution in [2.75, 3.05) is 0 Å². The molecule has 0 bridgehead atoms. The first kappa shape index (κ1) is 12.3. The zero-order chi connectivity index (χ0) is 13.9. The van der Waals surface area contributed by atoms with E-state index in [2.05, 4.69) is 10.5 Å². The topological polar surface area (TPSA) is 81.4 Å². The van der Waals surface area contributed by atoms with Crippen LogP contribution in [-0.2, 0) is 6.54 Å². The van der Waals surface area contributed by atoms with Gasteiger partial charge in [-0.1, -0.05) is 5.16 Å². The van der Waals surface area contributed by atoms with Gasteiger partial charge in [-0.25, -0.2) is 0 Å². The molecule has 0 saturated heterocycles. The van der Waals surface area contributed by atoms with E-state index in [-0.39, 0.29) is 12.5 Å². The molecule has 6 nitrogen and oxygen atoms in total. The highest BCUT2D eigenvalue weighted by Crippen LogP contribution is 2.22. The Morgan fingerprint density at radius 2 is 2.20 bits per heavy atom. The maximum Gasteiger partial charge on any atom is 0.256 e. The molecule has 3 rings (SSSR count). The smallest absolute Gasteiger partial charge is 0.256 e. The van der Waals surface area contributed by atoms with Crippen molar-refractivity contribution in [3.05, 3.63) is 53.8 Å². The molecule has 0 saturated carbocycles. The fourth-order valence-corrected chi connectivity index (χ4v) is 1.80. The van der Waals surface area contributed by atoms with E-state index in [0.717, 1.165) is 0 Å². The lowest BCUT2D eigenvalue weighted by Crippen LogP contribution is -2.22. The van der Waals surface area contributed by atoms with Crippen LogP contribution in [0.1, 0.15) is 21.9 Å². The predicted molar refractivity (Wildman–Crippen MR) is 68.8 cm³/mol. The first-order valence-corrected chi connectivity index (χ1v) is 6.06. The van der Waals surface area contributed by atoms with Crippen LogP contribution in [-0.4, -0.2) is 11.1 Å². The second-order valence-corrected chi connectivity index (χ2v) is 4.22. The number of aromatic nitrogens is 1. The summed E-state index contributed by atoms with van der Waals surface area (Å²) in [4.78, 5) is 11.9. The van der Waals surface area contributed by atoms with E-state index in [0.29, 0.717) is 28.6 Å². The third-order valence-corrected chi connectivity index (χ3v) is 2.84. The highest BCUT2D eigenvalue weighted by molar-refractivity contribution is 5.94. The monoisotopic (exact) mass is 272 g/mol. The molecular formula is C14H12N2O4. The van der Waals surface area contributed by atoms with Gasteiger partial charge in [0.1, 0.15) is 17.1 Å². The molecule has 20 heavy (non-hydrogen) atoms. The molecule has 102 valence electrons. The average molecular weight is 272 g/mol. The van der Waals surface area contributed by atoms with Crippen molar-refractivity contribution in [3.63, 3.8) is 0 Å². The molecule has 0 aliphatic heterocycles. The lowest BCUT2D eigenvalue weighted by atomic mass is 10.2. The number of nitrogens with one attached hydrogen (secondary N) is 1. The minimum Gasteiger partial charge on any atom is -0.461 e. The molecule has 0 fully saturated rings. The molecule has 0 aliphatic rings. The molecule has 1 amide bonds.